The fourth-order valence-electron chi connectivity index (χ4n) is 3.03. The zero-order valence-electron chi connectivity index (χ0n) is 23.9. The van der Waals surface area contributed by atoms with E-state index < -0.39 is 71.4 Å². The quantitative estimate of drug-likeness (QED) is 0.0406. The molecule has 42 heavy (non-hydrogen) atoms. The van der Waals surface area contributed by atoms with Gasteiger partial charge in [0.1, 0.15) is 17.6 Å². The van der Waals surface area contributed by atoms with Gasteiger partial charge in [-0.2, -0.15) is 0 Å². The molecule has 2 heterocycles. The van der Waals surface area contributed by atoms with E-state index in [1.54, 1.807) is 0 Å². The Balaban J connectivity index is 0.00000882. The number of oxime groups is 1. The summed E-state index contributed by atoms with van der Waals surface area (Å²) in [6.07, 6.45) is 0. The van der Waals surface area contributed by atoms with Gasteiger partial charge in [-0.3, -0.25) is 14.4 Å². The molecule has 2 atom stereocenters. The van der Waals surface area contributed by atoms with Gasteiger partial charge in [-0.15, -0.1) is 22.9 Å². The van der Waals surface area contributed by atoms with E-state index in [9.17, 15) is 36.9 Å². The topological polar surface area (TPSA) is 223 Å². The van der Waals surface area contributed by atoms with Crippen molar-refractivity contribution in [1.82, 2.24) is 14.6 Å². The van der Waals surface area contributed by atoms with Crippen LogP contribution in [0, 0.1) is 0 Å². The number of anilines is 1. The second kappa shape index (κ2) is 15.0. The molecule has 1 aromatic heterocycles. The number of nitrogens with zero attached hydrogens (tertiary/aromatic N) is 3. The number of β-lactam (4-membered cyclic amide) rings is 1. The van der Waals surface area contributed by atoms with Gasteiger partial charge in [-0.25, -0.2) is 27.3 Å². The van der Waals surface area contributed by atoms with Crippen molar-refractivity contribution in [3.05, 3.63) is 11.1 Å². The Kier molecular flexibility index (Phi) is 13.6. The van der Waals surface area contributed by atoms with Crippen molar-refractivity contribution >= 4 is 81.8 Å². The predicted molar refractivity (Wildman–Crippen MR) is 147 cm³/mol. The van der Waals surface area contributed by atoms with E-state index in [0.29, 0.717) is 6.04 Å². The van der Waals surface area contributed by atoms with Crippen LogP contribution < -0.4 is 40.2 Å². The van der Waals surface area contributed by atoms with Crippen molar-refractivity contribution in [1.29, 1.82) is 0 Å². The number of methoxy groups -OCH3 is 1. The molecule has 2 N–H and O–H groups in total. The smallest absolute Gasteiger partial charge is 0.731 e. The maximum Gasteiger partial charge on any atom is 1.00 e. The number of ether oxygens (including phenoxy) is 2. The molecule has 0 spiro atoms. The largest absolute Gasteiger partial charge is 1.00 e. The normalized spacial score (nSPS) is 17.4. The van der Waals surface area contributed by atoms with Crippen LogP contribution in [0.15, 0.2) is 10.5 Å². The molecule has 2 rings (SSSR count). The third kappa shape index (κ3) is 9.96. The van der Waals surface area contributed by atoms with E-state index in [4.69, 9.17) is 21.2 Å². The van der Waals surface area contributed by atoms with E-state index in [2.05, 4.69) is 45.2 Å². The van der Waals surface area contributed by atoms with Crippen LogP contribution in [0.2, 0.25) is 25.7 Å². The maximum atomic E-state index is 13.2. The molecule has 0 unspecified atom stereocenters. The van der Waals surface area contributed by atoms with Gasteiger partial charge in [0.2, 0.25) is 11.5 Å². The number of hydrogen-bond donors (Lipinski definition) is 2. The Morgan fingerprint density at radius 2 is 1.88 bits per heavy atom. The van der Waals surface area contributed by atoms with Crippen LogP contribution >= 0.6 is 22.9 Å². The third-order valence-corrected chi connectivity index (χ3v) is 8.89. The Bertz CT molecular complexity index is 1350. The summed E-state index contributed by atoms with van der Waals surface area (Å²) in [7, 11) is -6.03. The molecule has 0 saturated carbocycles. The summed E-state index contributed by atoms with van der Waals surface area (Å²) in [5, 5.41) is 9.51. The number of alkyl halides is 1. The number of carbonyl (C=O) groups is 5. The number of aromatic nitrogens is 1. The molecular formula is C21H29ClN5NaO11S2Si. The molecule has 0 bridgehead atoms. The van der Waals surface area contributed by atoms with Crippen molar-refractivity contribution in [2.24, 2.45) is 5.16 Å². The van der Waals surface area contributed by atoms with Gasteiger partial charge in [-0.05, 0) is 19.9 Å². The van der Waals surface area contributed by atoms with Crippen molar-refractivity contribution in [2.75, 3.05) is 24.9 Å². The Labute approximate surface area is 274 Å². The van der Waals surface area contributed by atoms with E-state index in [-0.39, 0.29) is 57.2 Å². The molecule has 1 aliphatic heterocycles. The SMILES string of the molecule is COC(=O)[C@H]1[C@@H](NC(=O)/C(=N/OC(C)(C)C(=O)OCC[Si](C)(C)C)c2csc(NC(=O)CCl)n2)C(=O)N1S(=O)(=O)[O-].[Na+]. The predicted octanol–water partition coefficient (Wildman–Crippen LogP) is -2.97. The van der Waals surface area contributed by atoms with Crippen LogP contribution in [-0.4, -0.2) is 103 Å². The molecular weight excluding hydrogens is 649 g/mol. The number of rotatable bonds is 13. The molecule has 0 aliphatic carbocycles. The molecule has 228 valence electrons. The number of carbonyl (C=O) groups excluding carboxylic acids is 5. The average molecular weight is 678 g/mol. The summed E-state index contributed by atoms with van der Waals surface area (Å²) in [5.74, 6) is -5.67. The summed E-state index contributed by atoms with van der Waals surface area (Å²) in [6.45, 7) is 9.09. The van der Waals surface area contributed by atoms with Gasteiger partial charge < -0.3 is 29.5 Å². The molecule has 3 amide bonds. The number of halogens is 1. The maximum absolute atomic E-state index is 13.2. The minimum absolute atomic E-state index is 0. The molecule has 21 heteroatoms. The molecule has 0 radical (unpaired) electrons. The molecule has 16 nitrogen and oxygen atoms in total. The van der Waals surface area contributed by atoms with Gasteiger partial charge in [-0.1, -0.05) is 24.8 Å². The Morgan fingerprint density at radius 1 is 1.26 bits per heavy atom. The summed E-state index contributed by atoms with van der Waals surface area (Å²) in [6, 6.07) is -3.11. The first-order chi connectivity index (χ1) is 18.8. The molecule has 1 aliphatic rings. The van der Waals surface area contributed by atoms with Gasteiger partial charge in [0.25, 0.3) is 11.8 Å². The first-order valence-corrected chi connectivity index (χ1v) is 18.2. The molecule has 1 fully saturated rings. The molecule has 0 aromatic carbocycles. The van der Waals surface area contributed by atoms with Crippen molar-refractivity contribution in [3.8, 4) is 0 Å². The van der Waals surface area contributed by atoms with Crippen LogP contribution in [0.25, 0.3) is 0 Å². The Morgan fingerprint density at radius 3 is 2.40 bits per heavy atom. The fraction of sp³-hybridized carbons (Fsp3) is 0.571. The fourth-order valence-corrected chi connectivity index (χ4v) is 5.35. The molecule has 1 saturated heterocycles. The number of thiazole rings is 1. The first kappa shape index (κ1) is 37.9. The number of hydrogen-bond acceptors (Lipinski definition) is 14. The Hall–Kier alpha value is -2.13. The van der Waals surface area contributed by atoms with E-state index in [0.717, 1.165) is 18.4 Å². The average Bonchev–Trinajstić information content (AvgIpc) is 3.31. The van der Waals surface area contributed by atoms with E-state index >= 15 is 0 Å². The van der Waals surface area contributed by atoms with Crippen molar-refractivity contribution in [3.63, 3.8) is 0 Å². The van der Waals surface area contributed by atoms with Crippen LogP contribution in [-0.2, 0) is 48.6 Å². The number of esters is 2. The van der Waals surface area contributed by atoms with Crippen LogP contribution in [0.5, 0.6) is 0 Å². The van der Waals surface area contributed by atoms with Crippen molar-refractivity contribution < 1.29 is 80.8 Å². The second-order valence-corrected chi connectivity index (χ2v) is 18.2. The van der Waals surface area contributed by atoms with Gasteiger partial charge in [0.05, 0.1) is 13.7 Å². The monoisotopic (exact) mass is 677 g/mol. The standard InChI is InChI=1S/C21H30ClN5O11S2Si.Na/c1-21(2,19(32)37-7-8-41(4,5)6)38-26-13(11-10-39-20(23-11)24-12(28)9-22)16(29)25-14-15(18(31)36-3)27(17(14)30)40(33,34)35;/h10,14-15H,7-9H2,1-6H3,(H,25,29)(H,23,24,28)(H,33,34,35);/q;+1/p-1/b26-13+;/t14-,15-;/m1./s1. The minimum atomic E-state index is -5.41. The zero-order chi connectivity index (χ0) is 31.3. The van der Waals surface area contributed by atoms with Crippen molar-refractivity contribution in [2.45, 2.75) is 57.2 Å². The molecule has 1 aromatic rings. The summed E-state index contributed by atoms with van der Waals surface area (Å²) in [4.78, 5) is 71.4. The second-order valence-electron chi connectivity index (χ2n) is 10.2. The van der Waals surface area contributed by atoms with Crippen LogP contribution in [0.4, 0.5) is 5.13 Å². The van der Waals surface area contributed by atoms with E-state index in [1.165, 1.54) is 19.2 Å². The third-order valence-electron chi connectivity index (χ3n) is 5.29. The summed E-state index contributed by atoms with van der Waals surface area (Å²) in [5.41, 5.74) is -2.53. The number of amides is 3. The van der Waals surface area contributed by atoms with Crippen LogP contribution in [0.1, 0.15) is 19.5 Å². The summed E-state index contributed by atoms with van der Waals surface area (Å²) < 4.78 is 43.8. The zero-order valence-corrected chi connectivity index (χ0v) is 29.3. The van der Waals surface area contributed by atoms with E-state index in [1.807, 2.05) is 0 Å². The van der Waals surface area contributed by atoms with Gasteiger partial charge >= 0.3 is 41.5 Å². The number of nitrogens with one attached hydrogen (secondary N) is 2. The van der Waals surface area contributed by atoms with Gasteiger partial charge in [0, 0.05) is 13.5 Å². The van der Waals surface area contributed by atoms with Gasteiger partial charge in [0.15, 0.2) is 27.2 Å². The minimum Gasteiger partial charge on any atom is -0.731 e. The first-order valence-electron chi connectivity index (χ1n) is 11.7. The summed E-state index contributed by atoms with van der Waals surface area (Å²) >= 11 is 6.35. The van der Waals surface area contributed by atoms with Crippen LogP contribution in [0.3, 0.4) is 0 Å².